The molecule has 2 aromatic rings. The summed E-state index contributed by atoms with van der Waals surface area (Å²) < 4.78 is 0. The van der Waals surface area contributed by atoms with Crippen molar-refractivity contribution < 1.29 is 9.90 Å². The molecule has 0 unspecified atom stereocenters. The van der Waals surface area contributed by atoms with Gasteiger partial charge in [0.2, 0.25) is 0 Å². The number of halogens is 1. The van der Waals surface area contributed by atoms with Gasteiger partial charge in [0.25, 0.3) is 0 Å². The van der Waals surface area contributed by atoms with Crippen molar-refractivity contribution in [3.05, 3.63) is 70.2 Å². The first kappa shape index (κ1) is 17.9. The maximum absolute atomic E-state index is 10.7. The van der Waals surface area contributed by atoms with Gasteiger partial charge < -0.3 is 5.11 Å². The second kappa shape index (κ2) is 8.48. The summed E-state index contributed by atoms with van der Waals surface area (Å²) in [6, 6.07) is 16.0. The van der Waals surface area contributed by atoms with Gasteiger partial charge in [0.05, 0.1) is 6.42 Å². The SMILES string of the molecule is O=C(O)Cc1ccc(CN2CCN(Cc3ccc(Cl)cc3)CC2)cc1. The number of benzene rings is 2. The van der Waals surface area contributed by atoms with Crippen molar-refractivity contribution in [3.63, 3.8) is 0 Å². The molecular formula is C20H23ClN2O2. The minimum Gasteiger partial charge on any atom is -0.481 e. The molecule has 1 saturated heterocycles. The Morgan fingerprint density at radius 1 is 0.800 bits per heavy atom. The van der Waals surface area contributed by atoms with Gasteiger partial charge in [-0.1, -0.05) is 48.0 Å². The molecular weight excluding hydrogens is 336 g/mol. The Morgan fingerprint density at radius 2 is 1.20 bits per heavy atom. The molecule has 0 atom stereocenters. The third-order valence-corrected chi connectivity index (χ3v) is 4.82. The number of piperazine rings is 1. The first-order chi connectivity index (χ1) is 12.1. The smallest absolute Gasteiger partial charge is 0.307 e. The highest BCUT2D eigenvalue weighted by Gasteiger charge is 2.17. The monoisotopic (exact) mass is 358 g/mol. The maximum atomic E-state index is 10.7. The lowest BCUT2D eigenvalue weighted by atomic mass is 10.1. The van der Waals surface area contributed by atoms with Gasteiger partial charge in [-0.3, -0.25) is 14.6 Å². The highest BCUT2D eigenvalue weighted by Crippen LogP contribution is 2.14. The average molecular weight is 359 g/mol. The van der Waals surface area contributed by atoms with E-state index < -0.39 is 5.97 Å². The molecule has 4 nitrogen and oxygen atoms in total. The van der Waals surface area contributed by atoms with E-state index >= 15 is 0 Å². The zero-order valence-corrected chi connectivity index (χ0v) is 15.0. The standard InChI is InChI=1S/C20H23ClN2O2/c21-19-7-5-18(6-8-19)15-23-11-9-22(10-12-23)14-17-3-1-16(2-4-17)13-20(24)25/h1-8H,9-15H2,(H,24,25). The lowest BCUT2D eigenvalue weighted by Crippen LogP contribution is -2.45. The van der Waals surface area contributed by atoms with E-state index in [1.54, 1.807) is 0 Å². The Kier molecular flexibility index (Phi) is 6.08. The molecule has 1 aliphatic heterocycles. The Bertz CT molecular complexity index is 693. The summed E-state index contributed by atoms with van der Waals surface area (Å²) in [6.45, 7) is 6.09. The molecule has 5 heteroatoms. The van der Waals surface area contributed by atoms with Gasteiger partial charge in [-0.2, -0.15) is 0 Å². The molecule has 1 aliphatic rings. The van der Waals surface area contributed by atoms with Crippen LogP contribution in [0.1, 0.15) is 16.7 Å². The third kappa shape index (κ3) is 5.56. The second-order valence-electron chi connectivity index (χ2n) is 6.57. The minimum absolute atomic E-state index is 0.0870. The first-order valence-corrected chi connectivity index (χ1v) is 8.95. The van der Waals surface area contributed by atoms with Crippen LogP contribution in [0, 0.1) is 0 Å². The van der Waals surface area contributed by atoms with Crippen LogP contribution in [-0.2, 0) is 24.3 Å². The molecule has 0 bridgehead atoms. The minimum atomic E-state index is -0.787. The van der Waals surface area contributed by atoms with Gasteiger partial charge in [-0.25, -0.2) is 0 Å². The molecule has 0 spiro atoms. The second-order valence-corrected chi connectivity index (χ2v) is 7.00. The molecule has 132 valence electrons. The summed E-state index contributed by atoms with van der Waals surface area (Å²) in [6.07, 6.45) is 0.0870. The van der Waals surface area contributed by atoms with Crippen LogP contribution in [0.2, 0.25) is 5.02 Å². The molecule has 3 rings (SSSR count). The molecule has 0 radical (unpaired) electrons. The summed E-state index contributed by atoms with van der Waals surface area (Å²) in [5.41, 5.74) is 3.39. The molecule has 0 aliphatic carbocycles. The number of rotatable bonds is 6. The van der Waals surface area contributed by atoms with Gasteiger partial charge in [0.15, 0.2) is 0 Å². The summed E-state index contributed by atoms with van der Waals surface area (Å²) in [5, 5.41) is 9.60. The Labute approximate surface area is 153 Å². The van der Waals surface area contributed by atoms with Crippen molar-refractivity contribution in [1.29, 1.82) is 0 Å². The number of carboxylic acids is 1. The number of aliphatic carboxylic acids is 1. The Balaban J connectivity index is 1.45. The van der Waals surface area contributed by atoms with E-state index in [1.165, 1.54) is 11.1 Å². The fourth-order valence-corrected chi connectivity index (χ4v) is 3.27. The van der Waals surface area contributed by atoms with E-state index in [0.717, 1.165) is 49.9 Å². The summed E-state index contributed by atoms with van der Waals surface area (Å²) in [5.74, 6) is -0.787. The fourth-order valence-electron chi connectivity index (χ4n) is 3.15. The van der Waals surface area contributed by atoms with E-state index in [-0.39, 0.29) is 6.42 Å². The van der Waals surface area contributed by atoms with E-state index in [1.807, 2.05) is 36.4 Å². The van der Waals surface area contributed by atoms with Crippen molar-refractivity contribution in [2.45, 2.75) is 19.5 Å². The van der Waals surface area contributed by atoms with Crippen molar-refractivity contribution in [3.8, 4) is 0 Å². The van der Waals surface area contributed by atoms with Gasteiger partial charge in [0, 0.05) is 44.3 Å². The van der Waals surface area contributed by atoms with Crippen LogP contribution in [0.5, 0.6) is 0 Å². The van der Waals surface area contributed by atoms with Crippen molar-refractivity contribution >= 4 is 17.6 Å². The van der Waals surface area contributed by atoms with Crippen LogP contribution in [0.4, 0.5) is 0 Å². The van der Waals surface area contributed by atoms with E-state index in [9.17, 15) is 4.79 Å². The quantitative estimate of drug-likeness (QED) is 0.860. The molecule has 1 N–H and O–H groups in total. The van der Waals surface area contributed by atoms with Crippen molar-refractivity contribution in [2.24, 2.45) is 0 Å². The topological polar surface area (TPSA) is 43.8 Å². The lowest BCUT2D eigenvalue weighted by molar-refractivity contribution is -0.136. The fraction of sp³-hybridized carbons (Fsp3) is 0.350. The zero-order chi connectivity index (χ0) is 17.6. The Morgan fingerprint density at radius 3 is 1.64 bits per heavy atom. The van der Waals surface area contributed by atoms with Gasteiger partial charge in [0.1, 0.15) is 0 Å². The van der Waals surface area contributed by atoms with Crippen molar-refractivity contribution in [2.75, 3.05) is 26.2 Å². The van der Waals surface area contributed by atoms with E-state index in [0.29, 0.717) is 0 Å². The summed E-state index contributed by atoms with van der Waals surface area (Å²) >= 11 is 5.94. The predicted molar refractivity (Wildman–Crippen MR) is 99.8 cm³/mol. The molecule has 1 heterocycles. The molecule has 2 aromatic carbocycles. The van der Waals surface area contributed by atoms with Gasteiger partial charge in [-0.15, -0.1) is 0 Å². The van der Waals surface area contributed by atoms with Gasteiger partial charge >= 0.3 is 5.97 Å². The maximum Gasteiger partial charge on any atom is 0.307 e. The van der Waals surface area contributed by atoms with Gasteiger partial charge in [-0.05, 0) is 28.8 Å². The number of nitrogens with zero attached hydrogens (tertiary/aromatic N) is 2. The highest BCUT2D eigenvalue weighted by atomic mass is 35.5. The third-order valence-electron chi connectivity index (χ3n) is 4.57. The molecule has 25 heavy (non-hydrogen) atoms. The number of hydrogen-bond acceptors (Lipinski definition) is 3. The average Bonchev–Trinajstić information content (AvgIpc) is 2.60. The van der Waals surface area contributed by atoms with Crippen LogP contribution < -0.4 is 0 Å². The number of carbonyl (C=O) groups is 1. The molecule has 0 amide bonds. The summed E-state index contributed by atoms with van der Waals surface area (Å²) in [7, 11) is 0. The number of carboxylic acid groups (broad SMARTS) is 1. The van der Waals surface area contributed by atoms with Crippen LogP contribution >= 0.6 is 11.6 Å². The Hall–Kier alpha value is -1.88. The predicted octanol–water partition coefficient (Wildman–Crippen LogP) is 3.28. The number of hydrogen-bond donors (Lipinski definition) is 1. The largest absolute Gasteiger partial charge is 0.481 e. The zero-order valence-electron chi connectivity index (χ0n) is 14.2. The van der Waals surface area contributed by atoms with Crippen LogP contribution in [0.25, 0.3) is 0 Å². The van der Waals surface area contributed by atoms with Crippen LogP contribution in [0.3, 0.4) is 0 Å². The normalized spacial score (nSPS) is 16.0. The first-order valence-electron chi connectivity index (χ1n) is 8.57. The van der Waals surface area contributed by atoms with Crippen LogP contribution in [0.15, 0.2) is 48.5 Å². The molecule has 0 aromatic heterocycles. The molecule has 0 saturated carbocycles. The lowest BCUT2D eigenvalue weighted by Gasteiger charge is -2.34. The highest BCUT2D eigenvalue weighted by molar-refractivity contribution is 6.30. The van der Waals surface area contributed by atoms with E-state index in [2.05, 4.69) is 21.9 Å². The van der Waals surface area contributed by atoms with E-state index in [4.69, 9.17) is 16.7 Å². The van der Waals surface area contributed by atoms with Crippen LogP contribution in [-0.4, -0.2) is 47.1 Å². The molecule has 1 fully saturated rings. The summed E-state index contributed by atoms with van der Waals surface area (Å²) in [4.78, 5) is 15.6. The van der Waals surface area contributed by atoms with Crippen molar-refractivity contribution in [1.82, 2.24) is 9.80 Å².